The first-order valence-corrected chi connectivity index (χ1v) is 3.93. The maximum atomic E-state index is 12.3. The highest BCUT2D eigenvalue weighted by molar-refractivity contribution is 5.15. The predicted octanol–water partition coefficient (Wildman–Crippen LogP) is 3.70. The van der Waals surface area contributed by atoms with E-state index in [2.05, 4.69) is 0 Å². The van der Waals surface area contributed by atoms with Crippen molar-refractivity contribution in [2.75, 3.05) is 0 Å². The lowest BCUT2D eigenvalue weighted by Crippen LogP contribution is -1.85. The van der Waals surface area contributed by atoms with Gasteiger partial charge < -0.3 is 0 Å². The fourth-order valence-electron chi connectivity index (χ4n) is 0.993. The fourth-order valence-corrected chi connectivity index (χ4v) is 0.993. The number of allylic oxidation sites excluding steroid dienone is 1. The summed E-state index contributed by atoms with van der Waals surface area (Å²) >= 11 is 0. The average Bonchev–Trinajstić information content (AvgIpc) is 2.15. The molecule has 0 aromatic heterocycles. The van der Waals surface area contributed by atoms with Gasteiger partial charge in [-0.1, -0.05) is 30.3 Å². The second-order valence-electron chi connectivity index (χ2n) is 2.65. The fraction of sp³-hybridized carbons (Fsp3) is 0.200. The van der Waals surface area contributed by atoms with Crippen LogP contribution in [0.1, 0.15) is 12.0 Å². The SMILES string of the molecule is FC(F)=C(F)CCc1ccccc1. The van der Waals surface area contributed by atoms with Gasteiger partial charge in [0.15, 0.2) is 5.83 Å². The third-order valence-electron chi connectivity index (χ3n) is 1.68. The first-order valence-electron chi connectivity index (χ1n) is 3.93. The van der Waals surface area contributed by atoms with Crippen LogP contribution in [0.25, 0.3) is 0 Å². The lowest BCUT2D eigenvalue weighted by atomic mass is 10.1. The van der Waals surface area contributed by atoms with Gasteiger partial charge in [-0.25, -0.2) is 4.39 Å². The summed E-state index contributed by atoms with van der Waals surface area (Å²) in [5.41, 5.74) is 0.860. The largest absolute Gasteiger partial charge is 0.301 e. The Morgan fingerprint density at radius 1 is 1.00 bits per heavy atom. The summed E-state index contributed by atoms with van der Waals surface area (Å²) in [6, 6.07) is 8.98. The van der Waals surface area contributed by atoms with Crippen LogP contribution in [0.2, 0.25) is 0 Å². The number of hydrogen-bond acceptors (Lipinski definition) is 0. The van der Waals surface area contributed by atoms with Gasteiger partial charge in [0.2, 0.25) is 0 Å². The van der Waals surface area contributed by atoms with Gasteiger partial charge in [-0.2, -0.15) is 8.78 Å². The Hall–Kier alpha value is -1.25. The van der Waals surface area contributed by atoms with Crippen LogP contribution in [0.5, 0.6) is 0 Å². The van der Waals surface area contributed by atoms with Crippen molar-refractivity contribution in [1.82, 2.24) is 0 Å². The first-order chi connectivity index (χ1) is 6.20. The van der Waals surface area contributed by atoms with Crippen LogP contribution in [0.4, 0.5) is 13.2 Å². The van der Waals surface area contributed by atoms with Gasteiger partial charge in [0.05, 0.1) is 0 Å². The summed E-state index contributed by atoms with van der Waals surface area (Å²) in [5, 5.41) is 0. The summed E-state index contributed by atoms with van der Waals surface area (Å²) in [4.78, 5) is 0. The molecule has 0 unspecified atom stereocenters. The molecule has 70 valence electrons. The number of benzene rings is 1. The van der Waals surface area contributed by atoms with Gasteiger partial charge in [-0.05, 0) is 12.0 Å². The molecule has 1 aromatic rings. The normalized spacial score (nSPS) is 9.77. The second-order valence-corrected chi connectivity index (χ2v) is 2.65. The number of halogens is 3. The quantitative estimate of drug-likeness (QED) is 0.675. The third kappa shape index (κ3) is 3.32. The zero-order valence-corrected chi connectivity index (χ0v) is 6.93. The zero-order valence-electron chi connectivity index (χ0n) is 6.93. The Bertz CT molecular complexity index is 286. The van der Waals surface area contributed by atoms with E-state index in [1.54, 1.807) is 24.3 Å². The third-order valence-corrected chi connectivity index (χ3v) is 1.68. The topological polar surface area (TPSA) is 0 Å². The summed E-state index contributed by atoms with van der Waals surface area (Å²) in [7, 11) is 0. The van der Waals surface area contributed by atoms with E-state index < -0.39 is 11.9 Å². The maximum Gasteiger partial charge on any atom is 0.301 e. The number of rotatable bonds is 3. The molecule has 3 heteroatoms. The van der Waals surface area contributed by atoms with Crippen molar-refractivity contribution in [3.05, 3.63) is 47.8 Å². The highest BCUT2D eigenvalue weighted by Gasteiger charge is 2.04. The van der Waals surface area contributed by atoms with Gasteiger partial charge in [0.1, 0.15) is 0 Å². The molecule has 0 aliphatic rings. The molecule has 1 aromatic carbocycles. The molecular formula is C10H9F3. The van der Waals surface area contributed by atoms with E-state index in [4.69, 9.17) is 0 Å². The summed E-state index contributed by atoms with van der Waals surface area (Å²) in [6.07, 6.45) is -2.13. The van der Waals surface area contributed by atoms with Gasteiger partial charge in [0.25, 0.3) is 0 Å². The van der Waals surface area contributed by atoms with E-state index in [1.807, 2.05) is 6.07 Å². The molecule has 0 spiro atoms. The van der Waals surface area contributed by atoms with Crippen LogP contribution in [0.3, 0.4) is 0 Å². The van der Waals surface area contributed by atoms with E-state index in [9.17, 15) is 13.2 Å². The Morgan fingerprint density at radius 3 is 2.15 bits per heavy atom. The molecule has 13 heavy (non-hydrogen) atoms. The molecule has 0 fully saturated rings. The molecule has 1 rings (SSSR count). The van der Waals surface area contributed by atoms with E-state index in [0.717, 1.165) is 5.56 Å². The minimum atomic E-state index is -2.21. The average molecular weight is 186 g/mol. The number of hydrogen-bond donors (Lipinski definition) is 0. The van der Waals surface area contributed by atoms with Gasteiger partial charge in [-0.3, -0.25) is 0 Å². The van der Waals surface area contributed by atoms with E-state index in [1.165, 1.54) is 0 Å². The van der Waals surface area contributed by atoms with Gasteiger partial charge in [0, 0.05) is 6.42 Å². The van der Waals surface area contributed by atoms with Crippen molar-refractivity contribution in [2.45, 2.75) is 12.8 Å². The maximum absolute atomic E-state index is 12.3. The van der Waals surface area contributed by atoms with Crippen molar-refractivity contribution < 1.29 is 13.2 Å². The molecule has 0 heterocycles. The van der Waals surface area contributed by atoms with Gasteiger partial charge in [-0.15, -0.1) is 0 Å². The second kappa shape index (κ2) is 4.70. The van der Waals surface area contributed by atoms with Crippen LogP contribution >= 0.6 is 0 Å². The smallest absolute Gasteiger partial charge is 0.206 e. The Kier molecular flexibility index (Phi) is 3.55. The van der Waals surface area contributed by atoms with Crippen LogP contribution in [0.15, 0.2) is 42.2 Å². The molecule has 0 aliphatic carbocycles. The Morgan fingerprint density at radius 2 is 1.62 bits per heavy atom. The molecule has 0 aliphatic heterocycles. The van der Waals surface area contributed by atoms with Crippen molar-refractivity contribution >= 4 is 0 Å². The zero-order chi connectivity index (χ0) is 9.68. The van der Waals surface area contributed by atoms with E-state index in [-0.39, 0.29) is 6.42 Å². The minimum absolute atomic E-state index is 0.230. The molecular weight excluding hydrogens is 177 g/mol. The molecule has 0 nitrogen and oxygen atoms in total. The molecule has 0 saturated carbocycles. The summed E-state index contributed by atoms with van der Waals surface area (Å²) < 4.78 is 35.6. The monoisotopic (exact) mass is 186 g/mol. The number of aryl methyl sites for hydroxylation is 1. The van der Waals surface area contributed by atoms with Crippen LogP contribution < -0.4 is 0 Å². The van der Waals surface area contributed by atoms with E-state index in [0.29, 0.717) is 6.42 Å². The van der Waals surface area contributed by atoms with Crippen molar-refractivity contribution in [1.29, 1.82) is 0 Å². The van der Waals surface area contributed by atoms with Crippen LogP contribution in [-0.2, 0) is 6.42 Å². The van der Waals surface area contributed by atoms with Crippen molar-refractivity contribution in [3.63, 3.8) is 0 Å². The highest BCUT2D eigenvalue weighted by atomic mass is 19.3. The molecule has 0 N–H and O–H groups in total. The van der Waals surface area contributed by atoms with Crippen LogP contribution in [0, 0.1) is 0 Å². The predicted molar refractivity (Wildman–Crippen MR) is 45.1 cm³/mol. The van der Waals surface area contributed by atoms with Crippen LogP contribution in [-0.4, -0.2) is 0 Å². The molecule has 0 saturated heterocycles. The van der Waals surface area contributed by atoms with Gasteiger partial charge >= 0.3 is 6.08 Å². The lowest BCUT2D eigenvalue weighted by molar-refractivity contribution is 0.370. The summed E-state index contributed by atoms with van der Waals surface area (Å²) in [5.74, 6) is -1.32. The van der Waals surface area contributed by atoms with Crippen molar-refractivity contribution in [2.24, 2.45) is 0 Å². The molecule has 0 radical (unpaired) electrons. The Balaban J connectivity index is 2.49. The molecule has 0 atom stereocenters. The van der Waals surface area contributed by atoms with E-state index >= 15 is 0 Å². The molecule has 0 bridgehead atoms. The standard InChI is InChI=1S/C10H9F3/c11-9(10(12)13)7-6-8-4-2-1-3-5-8/h1-5H,6-7H2. The highest BCUT2D eigenvalue weighted by Crippen LogP contribution is 2.15. The lowest BCUT2D eigenvalue weighted by Gasteiger charge is -1.97. The Labute approximate surface area is 74.7 Å². The van der Waals surface area contributed by atoms with Crippen molar-refractivity contribution in [3.8, 4) is 0 Å². The minimum Gasteiger partial charge on any atom is -0.206 e. The molecule has 0 amide bonds. The first kappa shape index (κ1) is 9.84. The summed E-state index contributed by atoms with van der Waals surface area (Å²) in [6.45, 7) is 0.